The van der Waals surface area contributed by atoms with Crippen molar-refractivity contribution in [2.24, 2.45) is 0 Å². The van der Waals surface area contributed by atoms with Gasteiger partial charge in [-0.3, -0.25) is 14.2 Å². The number of benzene rings is 2. The van der Waals surface area contributed by atoms with Crippen molar-refractivity contribution in [1.29, 1.82) is 0 Å². The maximum atomic E-state index is 12.5. The molecule has 140 valence electrons. The van der Waals surface area contributed by atoms with Crippen molar-refractivity contribution < 1.29 is 4.79 Å². The topological polar surface area (TPSA) is 81.8 Å². The number of carbonyl (C=O) groups excluding carboxylic acids is 1. The third-order valence-electron chi connectivity index (χ3n) is 4.31. The Morgan fingerprint density at radius 3 is 2.71 bits per heavy atom. The summed E-state index contributed by atoms with van der Waals surface area (Å²) in [5, 5.41) is 8.12. The van der Waals surface area contributed by atoms with E-state index in [1.165, 1.54) is 10.9 Å². The van der Waals surface area contributed by atoms with Gasteiger partial charge in [-0.2, -0.15) is 5.10 Å². The van der Waals surface area contributed by atoms with E-state index in [2.05, 4.69) is 15.4 Å². The highest BCUT2D eigenvalue weighted by Gasteiger charge is 2.11. The van der Waals surface area contributed by atoms with Crippen LogP contribution in [0.4, 0.5) is 5.82 Å². The van der Waals surface area contributed by atoms with Gasteiger partial charge in [0.1, 0.15) is 12.4 Å². The zero-order valence-electron chi connectivity index (χ0n) is 14.7. The fourth-order valence-corrected chi connectivity index (χ4v) is 3.10. The average molecular weight is 394 g/mol. The molecule has 8 heteroatoms. The van der Waals surface area contributed by atoms with Crippen molar-refractivity contribution in [3.05, 3.63) is 88.1 Å². The molecule has 4 aromatic rings. The molecule has 4 rings (SSSR count). The van der Waals surface area contributed by atoms with Gasteiger partial charge in [0, 0.05) is 11.1 Å². The molecular weight excluding hydrogens is 378 g/mol. The third kappa shape index (κ3) is 3.65. The molecule has 0 saturated heterocycles. The van der Waals surface area contributed by atoms with Crippen LogP contribution in [-0.2, 0) is 17.9 Å². The maximum Gasteiger partial charge on any atom is 0.261 e. The minimum Gasteiger partial charge on any atom is -0.309 e. The largest absolute Gasteiger partial charge is 0.309 e. The standard InChI is InChI=1S/C20H16ClN5O2/c21-16-7-3-1-5-14(16)11-26-18(9-10-23-26)24-19(27)12-25-13-22-17-8-4-2-6-15(17)20(25)28/h1-10,13H,11-12H2,(H,24,27). The van der Waals surface area contributed by atoms with Crippen LogP contribution >= 0.6 is 11.6 Å². The molecule has 0 bridgehead atoms. The minimum absolute atomic E-state index is 0.145. The summed E-state index contributed by atoms with van der Waals surface area (Å²) < 4.78 is 2.92. The fraction of sp³-hybridized carbons (Fsp3) is 0.100. The first-order valence-corrected chi connectivity index (χ1v) is 8.99. The van der Waals surface area contributed by atoms with Crippen LogP contribution in [0.15, 0.2) is 71.9 Å². The highest BCUT2D eigenvalue weighted by atomic mass is 35.5. The van der Waals surface area contributed by atoms with Crippen molar-refractivity contribution in [2.75, 3.05) is 5.32 Å². The van der Waals surface area contributed by atoms with Crippen molar-refractivity contribution >= 4 is 34.2 Å². The molecule has 7 nitrogen and oxygen atoms in total. The monoisotopic (exact) mass is 393 g/mol. The Bertz CT molecular complexity index is 1210. The molecule has 0 aliphatic carbocycles. The highest BCUT2D eigenvalue weighted by molar-refractivity contribution is 6.31. The van der Waals surface area contributed by atoms with E-state index in [4.69, 9.17) is 11.6 Å². The Hall–Kier alpha value is -3.45. The van der Waals surface area contributed by atoms with E-state index in [0.717, 1.165) is 5.56 Å². The van der Waals surface area contributed by atoms with E-state index in [1.54, 1.807) is 41.2 Å². The van der Waals surface area contributed by atoms with Crippen molar-refractivity contribution in [1.82, 2.24) is 19.3 Å². The molecule has 0 atom stereocenters. The van der Waals surface area contributed by atoms with Crippen LogP contribution in [0.1, 0.15) is 5.56 Å². The van der Waals surface area contributed by atoms with E-state index in [-0.39, 0.29) is 18.0 Å². The quantitative estimate of drug-likeness (QED) is 0.565. The van der Waals surface area contributed by atoms with Gasteiger partial charge in [0.2, 0.25) is 5.91 Å². The first kappa shape index (κ1) is 17.9. The molecule has 2 aromatic heterocycles. The normalized spacial score (nSPS) is 10.9. The van der Waals surface area contributed by atoms with Gasteiger partial charge in [-0.1, -0.05) is 41.9 Å². The number of carbonyl (C=O) groups is 1. The SMILES string of the molecule is O=C(Cn1cnc2ccccc2c1=O)Nc1ccnn1Cc1ccccc1Cl. The lowest BCUT2D eigenvalue weighted by Gasteiger charge is -2.11. The Labute approximate surface area is 165 Å². The Morgan fingerprint density at radius 1 is 1.07 bits per heavy atom. The van der Waals surface area contributed by atoms with E-state index >= 15 is 0 Å². The number of nitrogens with zero attached hydrogens (tertiary/aromatic N) is 4. The zero-order valence-corrected chi connectivity index (χ0v) is 15.5. The molecule has 2 heterocycles. The van der Waals surface area contributed by atoms with Gasteiger partial charge in [-0.15, -0.1) is 0 Å². The van der Waals surface area contributed by atoms with Crippen LogP contribution in [0.25, 0.3) is 10.9 Å². The number of aromatic nitrogens is 4. The summed E-state index contributed by atoms with van der Waals surface area (Å²) >= 11 is 6.20. The fourth-order valence-electron chi connectivity index (χ4n) is 2.91. The van der Waals surface area contributed by atoms with Gasteiger partial charge in [-0.05, 0) is 23.8 Å². The molecule has 0 spiro atoms. The summed E-state index contributed by atoms with van der Waals surface area (Å²) in [6.07, 6.45) is 2.97. The zero-order chi connectivity index (χ0) is 19.5. The van der Waals surface area contributed by atoms with Gasteiger partial charge in [0.15, 0.2) is 0 Å². The number of hydrogen-bond donors (Lipinski definition) is 1. The number of hydrogen-bond acceptors (Lipinski definition) is 4. The summed E-state index contributed by atoms with van der Waals surface area (Å²) in [7, 11) is 0. The number of amides is 1. The van der Waals surface area contributed by atoms with E-state index in [1.807, 2.05) is 24.3 Å². The summed E-state index contributed by atoms with van der Waals surface area (Å²) in [5.74, 6) is 0.173. The number of rotatable bonds is 5. The smallest absolute Gasteiger partial charge is 0.261 e. The number of halogens is 1. The number of para-hydroxylation sites is 1. The Kier molecular flexibility index (Phi) is 4.90. The van der Waals surface area contributed by atoms with Gasteiger partial charge < -0.3 is 5.32 Å². The molecule has 0 saturated carbocycles. The molecule has 1 amide bonds. The molecule has 0 unspecified atom stereocenters. The minimum atomic E-state index is -0.347. The van der Waals surface area contributed by atoms with Gasteiger partial charge in [0.05, 0.1) is 30.0 Å². The second kappa shape index (κ2) is 7.66. The molecule has 0 radical (unpaired) electrons. The lowest BCUT2D eigenvalue weighted by molar-refractivity contribution is -0.116. The molecule has 0 aliphatic rings. The van der Waals surface area contributed by atoms with Crippen LogP contribution in [0, 0.1) is 0 Å². The average Bonchev–Trinajstić information content (AvgIpc) is 3.12. The summed E-state index contributed by atoms with van der Waals surface area (Å²) in [4.78, 5) is 29.2. The molecule has 1 N–H and O–H groups in total. The molecule has 2 aromatic carbocycles. The van der Waals surface area contributed by atoms with Gasteiger partial charge in [-0.25, -0.2) is 9.67 Å². The van der Waals surface area contributed by atoms with Gasteiger partial charge in [0.25, 0.3) is 5.56 Å². The van der Waals surface area contributed by atoms with Crippen molar-refractivity contribution in [3.8, 4) is 0 Å². The first-order valence-electron chi connectivity index (χ1n) is 8.61. The van der Waals surface area contributed by atoms with Crippen molar-refractivity contribution in [2.45, 2.75) is 13.1 Å². The van der Waals surface area contributed by atoms with Crippen molar-refractivity contribution in [3.63, 3.8) is 0 Å². The van der Waals surface area contributed by atoms with Gasteiger partial charge >= 0.3 is 0 Å². The number of nitrogens with one attached hydrogen (secondary N) is 1. The second-order valence-electron chi connectivity index (χ2n) is 6.21. The van der Waals surface area contributed by atoms with Crippen LogP contribution in [-0.4, -0.2) is 25.2 Å². The maximum absolute atomic E-state index is 12.5. The summed E-state index contributed by atoms with van der Waals surface area (Å²) in [6, 6.07) is 16.2. The number of fused-ring (bicyclic) bond motifs is 1. The Morgan fingerprint density at radius 2 is 1.86 bits per heavy atom. The molecule has 0 fully saturated rings. The predicted molar refractivity (Wildman–Crippen MR) is 107 cm³/mol. The van der Waals surface area contributed by atoms with E-state index in [0.29, 0.717) is 28.3 Å². The Balaban J connectivity index is 1.51. The third-order valence-corrected chi connectivity index (χ3v) is 4.68. The summed E-state index contributed by atoms with van der Waals surface area (Å²) in [5.41, 5.74) is 1.23. The first-order chi connectivity index (χ1) is 13.6. The van der Waals surface area contributed by atoms with Crippen LogP contribution < -0.4 is 10.9 Å². The van der Waals surface area contributed by atoms with Crippen LogP contribution in [0.3, 0.4) is 0 Å². The van der Waals surface area contributed by atoms with E-state index < -0.39 is 0 Å². The molecule has 0 aliphatic heterocycles. The predicted octanol–water partition coefficient (Wildman–Crippen LogP) is 2.93. The summed E-state index contributed by atoms with van der Waals surface area (Å²) in [6.45, 7) is 0.272. The molecule has 28 heavy (non-hydrogen) atoms. The lowest BCUT2D eigenvalue weighted by atomic mass is 10.2. The lowest BCUT2D eigenvalue weighted by Crippen LogP contribution is -2.28. The van der Waals surface area contributed by atoms with Crippen LogP contribution in [0.2, 0.25) is 5.02 Å². The van der Waals surface area contributed by atoms with Crippen LogP contribution in [0.5, 0.6) is 0 Å². The number of anilines is 1. The van der Waals surface area contributed by atoms with E-state index in [9.17, 15) is 9.59 Å². The second-order valence-corrected chi connectivity index (χ2v) is 6.62. The highest BCUT2D eigenvalue weighted by Crippen LogP contribution is 2.18. The molecular formula is C20H16ClN5O2.